The van der Waals surface area contributed by atoms with E-state index in [2.05, 4.69) is 173 Å². The summed E-state index contributed by atoms with van der Waals surface area (Å²) < 4.78 is 0. The van der Waals surface area contributed by atoms with Gasteiger partial charge in [-0.2, -0.15) is 0 Å². The number of aryl methyl sites for hydroxylation is 4. The van der Waals surface area contributed by atoms with Crippen molar-refractivity contribution in [2.45, 2.75) is 27.7 Å². The van der Waals surface area contributed by atoms with E-state index in [1.165, 1.54) is 32.3 Å². The summed E-state index contributed by atoms with van der Waals surface area (Å²) in [5, 5.41) is 7.21. The van der Waals surface area contributed by atoms with E-state index in [0.29, 0.717) is 0 Å². The highest BCUT2D eigenvalue weighted by Crippen LogP contribution is 2.49. The molecule has 322 valence electrons. The summed E-state index contributed by atoms with van der Waals surface area (Å²) in [6.45, 7) is 7.63. The molecule has 12 rings (SSSR count). The predicted octanol–water partition coefficient (Wildman–Crippen LogP) is 14.3. The molecule has 0 unspecified atom stereocenters. The molecule has 0 N–H and O–H groups in total. The molecule has 0 saturated heterocycles. The van der Waals surface area contributed by atoms with Crippen LogP contribution in [0.25, 0.3) is 121 Å². The molecule has 0 aliphatic rings. The van der Waals surface area contributed by atoms with E-state index in [0.717, 1.165) is 112 Å². The Morgan fingerprint density at radius 3 is 0.574 bits per heavy atom. The molecule has 8 heteroatoms. The fourth-order valence-corrected chi connectivity index (χ4v) is 9.48. The van der Waals surface area contributed by atoms with Crippen LogP contribution in [-0.2, 0) is 0 Å². The summed E-state index contributed by atoms with van der Waals surface area (Å²) in [6, 6.07) is 49.3. The Morgan fingerprint density at radius 1 is 0.206 bits per heavy atom. The lowest BCUT2D eigenvalue weighted by Gasteiger charge is -2.22. The van der Waals surface area contributed by atoms with Crippen molar-refractivity contribution in [2.24, 2.45) is 0 Å². The average molecular weight is 875 g/mol. The van der Waals surface area contributed by atoms with Crippen molar-refractivity contribution in [2.75, 3.05) is 0 Å². The molecule has 12 aromatic rings. The average Bonchev–Trinajstić information content (AvgIpc) is 3.39. The van der Waals surface area contributed by atoms with Crippen LogP contribution in [0.15, 0.2) is 183 Å². The molecule has 0 atom stereocenters. The molecule has 8 aromatic carbocycles. The summed E-state index contributed by atoms with van der Waals surface area (Å²) in [7, 11) is 0. The Hall–Kier alpha value is -8.88. The van der Waals surface area contributed by atoms with E-state index >= 15 is 0 Å². The van der Waals surface area contributed by atoms with Gasteiger partial charge in [0.25, 0.3) is 0 Å². The van der Waals surface area contributed by atoms with E-state index < -0.39 is 0 Å². The van der Waals surface area contributed by atoms with Gasteiger partial charge < -0.3 is 0 Å². The molecule has 0 bridgehead atoms. The van der Waals surface area contributed by atoms with Crippen LogP contribution in [0, 0.1) is 27.7 Å². The lowest BCUT2D eigenvalue weighted by Crippen LogP contribution is -1.95. The third-order valence-electron chi connectivity index (χ3n) is 13.1. The first-order chi connectivity index (χ1) is 33.3. The lowest BCUT2D eigenvalue weighted by molar-refractivity contribution is 1.06. The lowest BCUT2D eigenvalue weighted by atomic mass is 9.81. The van der Waals surface area contributed by atoms with Crippen LogP contribution >= 0.6 is 0 Å². The Bertz CT molecular complexity index is 3290. The number of hydrogen-bond acceptors (Lipinski definition) is 8. The fraction of sp³-hybridized carbons (Fsp3) is 0.0667. The maximum Gasteiger partial charge on any atom is 0.125 e. The van der Waals surface area contributed by atoms with E-state index in [4.69, 9.17) is 0 Å². The first-order valence-electron chi connectivity index (χ1n) is 22.7. The van der Waals surface area contributed by atoms with Crippen molar-refractivity contribution >= 4 is 32.3 Å². The molecule has 4 aromatic heterocycles. The molecule has 0 aliphatic heterocycles. The number of nitrogens with zero attached hydrogens (tertiary/aromatic N) is 8. The van der Waals surface area contributed by atoms with Gasteiger partial charge in [0.2, 0.25) is 0 Å². The van der Waals surface area contributed by atoms with Gasteiger partial charge in [-0.3, -0.25) is 0 Å². The maximum absolute atomic E-state index is 4.47. The Kier molecular flexibility index (Phi) is 9.87. The van der Waals surface area contributed by atoms with Crippen molar-refractivity contribution in [3.63, 3.8) is 0 Å². The van der Waals surface area contributed by atoms with Gasteiger partial charge in [0, 0.05) is 71.8 Å². The van der Waals surface area contributed by atoms with Gasteiger partial charge in [-0.05, 0) is 139 Å². The molecular weight excluding hydrogens is 833 g/mol. The quantitative estimate of drug-likeness (QED) is 0.139. The molecule has 4 heterocycles. The highest BCUT2D eigenvalue weighted by Gasteiger charge is 2.22. The first-order valence-corrected chi connectivity index (χ1v) is 22.7. The van der Waals surface area contributed by atoms with Crippen molar-refractivity contribution in [3.8, 4) is 89.0 Å². The van der Waals surface area contributed by atoms with Crippen LogP contribution in [0.5, 0.6) is 0 Å². The monoisotopic (exact) mass is 874 g/mol. The zero-order chi connectivity index (χ0) is 45.9. The number of benzene rings is 8. The third-order valence-corrected chi connectivity index (χ3v) is 13.1. The molecule has 8 nitrogen and oxygen atoms in total. The number of rotatable bonds is 8. The molecule has 0 saturated carbocycles. The van der Waals surface area contributed by atoms with Gasteiger partial charge in [-0.15, -0.1) is 0 Å². The van der Waals surface area contributed by atoms with Crippen LogP contribution in [0.3, 0.4) is 0 Å². The van der Waals surface area contributed by atoms with Gasteiger partial charge in [0.1, 0.15) is 23.3 Å². The standard InChI is InChI=1S/C60H42N8/c1-35-61-27-47(28-62-35)39-5-13-43(14-6-39)55-25-56(44-15-7-40(8-16-44)48-29-63-36(2)64-30-48)52-23-24-54-58(46-19-11-42(12-20-46)50-33-67-38(4)68-34-50)26-57(53-22-21-51(55)59(52)60(53)54)45-17-9-41(10-18-45)49-31-65-37(3)66-32-49/h5-34H,1-4H3. The van der Waals surface area contributed by atoms with Crippen molar-refractivity contribution in [1.29, 1.82) is 0 Å². The van der Waals surface area contributed by atoms with Gasteiger partial charge in [-0.1, -0.05) is 121 Å². The molecule has 0 aliphatic carbocycles. The predicted molar refractivity (Wildman–Crippen MR) is 275 cm³/mol. The Balaban J connectivity index is 1.10. The Morgan fingerprint density at radius 2 is 0.382 bits per heavy atom. The van der Waals surface area contributed by atoms with Crippen LogP contribution in [0.4, 0.5) is 0 Å². The highest BCUT2D eigenvalue weighted by atomic mass is 14.9. The zero-order valence-electron chi connectivity index (χ0n) is 37.9. The SMILES string of the molecule is Cc1ncc(-c2ccc(-c3cc(-c4ccc(-c5cnc(C)nc5)cc4)c4ccc5c(-c6ccc(-c7cnc(C)nc7)cc6)cc(-c6ccc(-c7cnc(C)nc7)cc6)c6ccc3c4c65)cc2)cn1. The molecule has 0 radical (unpaired) electrons. The normalized spacial score (nSPS) is 11.5. The van der Waals surface area contributed by atoms with E-state index in [1.54, 1.807) is 0 Å². The fourth-order valence-electron chi connectivity index (χ4n) is 9.48. The van der Waals surface area contributed by atoms with Crippen molar-refractivity contribution < 1.29 is 0 Å². The molecule has 0 fully saturated rings. The molecule has 68 heavy (non-hydrogen) atoms. The summed E-state index contributed by atoms with van der Waals surface area (Å²) in [6.07, 6.45) is 15.1. The number of aromatic nitrogens is 8. The topological polar surface area (TPSA) is 103 Å². The summed E-state index contributed by atoms with van der Waals surface area (Å²) in [5.74, 6) is 3.01. The van der Waals surface area contributed by atoms with E-state index in [-0.39, 0.29) is 0 Å². The smallest absolute Gasteiger partial charge is 0.125 e. The van der Waals surface area contributed by atoms with Gasteiger partial charge in [0.15, 0.2) is 0 Å². The minimum absolute atomic E-state index is 0.752. The van der Waals surface area contributed by atoms with Gasteiger partial charge >= 0.3 is 0 Å². The van der Waals surface area contributed by atoms with Crippen LogP contribution in [0.2, 0.25) is 0 Å². The van der Waals surface area contributed by atoms with E-state index in [9.17, 15) is 0 Å². The summed E-state index contributed by atoms with van der Waals surface area (Å²) >= 11 is 0. The molecule has 0 spiro atoms. The van der Waals surface area contributed by atoms with Gasteiger partial charge in [0.05, 0.1) is 0 Å². The highest BCUT2D eigenvalue weighted by molar-refractivity contribution is 6.32. The van der Waals surface area contributed by atoms with Crippen LogP contribution in [0.1, 0.15) is 23.3 Å². The zero-order valence-corrected chi connectivity index (χ0v) is 37.9. The van der Waals surface area contributed by atoms with Crippen LogP contribution < -0.4 is 0 Å². The first kappa shape index (κ1) is 40.6. The summed E-state index contributed by atoms with van der Waals surface area (Å²) in [5.41, 5.74) is 17.3. The summed E-state index contributed by atoms with van der Waals surface area (Å²) in [4.78, 5) is 35.8. The largest absolute Gasteiger partial charge is 0.241 e. The van der Waals surface area contributed by atoms with Crippen LogP contribution in [-0.4, -0.2) is 39.9 Å². The van der Waals surface area contributed by atoms with E-state index in [1.807, 2.05) is 77.3 Å². The van der Waals surface area contributed by atoms with Gasteiger partial charge in [-0.25, -0.2) is 39.9 Å². The van der Waals surface area contributed by atoms with Crippen molar-refractivity contribution in [3.05, 3.63) is 206 Å². The molecule has 0 amide bonds. The minimum Gasteiger partial charge on any atom is -0.241 e. The Labute approximate surface area is 393 Å². The second-order valence-electron chi connectivity index (χ2n) is 17.4. The number of hydrogen-bond donors (Lipinski definition) is 0. The second-order valence-corrected chi connectivity index (χ2v) is 17.4. The van der Waals surface area contributed by atoms with Crippen molar-refractivity contribution in [1.82, 2.24) is 39.9 Å². The second kappa shape index (κ2) is 16.5. The maximum atomic E-state index is 4.47. The minimum atomic E-state index is 0.752. The molecular formula is C60H42N8. The third kappa shape index (κ3) is 7.29.